The smallest absolute Gasteiger partial charge is 0.315 e. The van der Waals surface area contributed by atoms with Crippen LogP contribution in [0.3, 0.4) is 0 Å². The monoisotopic (exact) mass is 273 g/mol. The molecule has 2 unspecified atom stereocenters. The second-order valence-corrected chi connectivity index (χ2v) is 4.74. The molecule has 1 aromatic carbocycles. The van der Waals surface area contributed by atoms with Crippen LogP contribution in [0.2, 0.25) is 0 Å². The van der Waals surface area contributed by atoms with E-state index in [0.29, 0.717) is 6.07 Å². The van der Waals surface area contributed by atoms with Crippen molar-refractivity contribution in [1.82, 2.24) is 0 Å². The van der Waals surface area contributed by atoms with E-state index >= 15 is 0 Å². The molecule has 1 rings (SSSR count). The summed E-state index contributed by atoms with van der Waals surface area (Å²) in [6, 6.07) is 2.60. The third-order valence-electron chi connectivity index (χ3n) is 3.18. The fourth-order valence-electron chi connectivity index (χ4n) is 2.11. The zero-order chi connectivity index (χ0) is 14.6. The first-order chi connectivity index (χ1) is 8.85. The number of aliphatic hydroxyl groups excluding tert-OH is 1. The van der Waals surface area contributed by atoms with E-state index in [2.05, 4.69) is 0 Å². The van der Waals surface area contributed by atoms with Crippen LogP contribution in [0.1, 0.15) is 18.9 Å². The Kier molecular flexibility index (Phi) is 4.97. The van der Waals surface area contributed by atoms with Gasteiger partial charge in [0.1, 0.15) is 17.0 Å². The van der Waals surface area contributed by atoms with Gasteiger partial charge >= 0.3 is 5.97 Å². The minimum absolute atomic E-state index is 0.00176. The standard InChI is InChI=1S/C13H17F2NO3/c1-8(6-17)5-13(7-16,12(18)19)9-2-10(14)4-11(15)3-9/h2-4,8,17H,5-7,16H2,1H3,(H,18,19). The third-order valence-corrected chi connectivity index (χ3v) is 3.18. The lowest BCUT2D eigenvalue weighted by Crippen LogP contribution is -2.44. The SMILES string of the molecule is CC(CO)CC(CN)(C(=O)O)c1cc(F)cc(F)c1. The molecule has 1 aromatic rings. The number of hydrogen-bond acceptors (Lipinski definition) is 3. The van der Waals surface area contributed by atoms with Crippen molar-refractivity contribution in [3.63, 3.8) is 0 Å². The summed E-state index contributed by atoms with van der Waals surface area (Å²) in [5.41, 5.74) is 3.90. The Morgan fingerprint density at radius 1 is 1.37 bits per heavy atom. The van der Waals surface area contributed by atoms with E-state index in [9.17, 15) is 18.7 Å². The maximum Gasteiger partial charge on any atom is 0.315 e. The van der Waals surface area contributed by atoms with Crippen LogP contribution < -0.4 is 5.73 Å². The van der Waals surface area contributed by atoms with E-state index in [1.54, 1.807) is 6.92 Å². The van der Waals surface area contributed by atoms with Gasteiger partial charge in [0, 0.05) is 19.2 Å². The molecule has 106 valence electrons. The molecular weight excluding hydrogens is 256 g/mol. The van der Waals surface area contributed by atoms with E-state index in [0.717, 1.165) is 12.1 Å². The molecule has 0 saturated heterocycles. The maximum atomic E-state index is 13.3. The molecule has 19 heavy (non-hydrogen) atoms. The second kappa shape index (κ2) is 6.08. The molecule has 0 aliphatic heterocycles. The molecule has 0 spiro atoms. The lowest BCUT2D eigenvalue weighted by molar-refractivity contribution is -0.144. The topological polar surface area (TPSA) is 83.5 Å². The van der Waals surface area contributed by atoms with Crippen molar-refractivity contribution < 1.29 is 23.8 Å². The number of carboxylic acids is 1. The molecule has 0 fully saturated rings. The van der Waals surface area contributed by atoms with Crippen LogP contribution in [0.5, 0.6) is 0 Å². The van der Waals surface area contributed by atoms with Crippen LogP contribution in [-0.4, -0.2) is 29.3 Å². The van der Waals surface area contributed by atoms with Gasteiger partial charge in [0.25, 0.3) is 0 Å². The van der Waals surface area contributed by atoms with Crippen molar-refractivity contribution in [2.75, 3.05) is 13.2 Å². The quantitative estimate of drug-likeness (QED) is 0.728. The highest BCUT2D eigenvalue weighted by molar-refractivity contribution is 5.81. The van der Waals surface area contributed by atoms with E-state index in [-0.39, 0.29) is 31.1 Å². The summed E-state index contributed by atoms with van der Waals surface area (Å²) in [5.74, 6) is -3.33. The molecule has 0 aliphatic carbocycles. The first-order valence-corrected chi connectivity index (χ1v) is 5.86. The van der Waals surface area contributed by atoms with Crippen LogP contribution in [0, 0.1) is 17.6 Å². The molecule has 0 heterocycles. The van der Waals surface area contributed by atoms with Gasteiger partial charge in [-0.15, -0.1) is 0 Å². The average molecular weight is 273 g/mol. The van der Waals surface area contributed by atoms with E-state index in [4.69, 9.17) is 10.8 Å². The van der Waals surface area contributed by atoms with Gasteiger partial charge in [-0.3, -0.25) is 4.79 Å². The van der Waals surface area contributed by atoms with Gasteiger partial charge < -0.3 is 15.9 Å². The van der Waals surface area contributed by atoms with Crippen molar-refractivity contribution in [2.24, 2.45) is 11.7 Å². The van der Waals surface area contributed by atoms with Gasteiger partial charge in [-0.2, -0.15) is 0 Å². The van der Waals surface area contributed by atoms with Crippen molar-refractivity contribution in [3.8, 4) is 0 Å². The van der Waals surface area contributed by atoms with Crippen LogP contribution in [0.4, 0.5) is 8.78 Å². The first kappa shape index (κ1) is 15.5. The number of nitrogens with two attached hydrogens (primary N) is 1. The largest absolute Gasteiger partial charge is 0.481 e. The number of carboxylic acid groups (broad SMARTS) is 1. The van der Waals surface area contributed by atoms with Crippen molar-refractivity contribution in [2.45, 2.75) is 18.8 Å². The fourth-order valence-corrected chi connectivity index (χ4v) is 2.11. The molecular formula is C13H17F2NO3. The summed E-state index contributed by atoms with van der Waals surface area (Å²) < 4.78 is 26.5. The summed E-state index contributed by atoms with van der Waals surface area (Å²) in [4.78, 5) is 11.5. The Morgan fingerprint density at radius 3 is 2.26 bits per heavy atom. The van der Waals surface area contributed by atoms with Gasteiger partial charge in [-0.25, -0.2) is 8.78 Å². The molecule has 0 bridgehead atoms. The molecule has 4 N–H and O–H groups in total. The zero-order valence-electron chi connectivity index (χ0n) is 10.6. The Morgan fingerprint density at radius 2 is 1.89 bits per heavy atom. The van der Waals surface area contributed by atoms with E-state index in [1.165, 1.54) is 0 Å². The van der Waals surface area contributed by atoms with Gasteiger partial charge in [-0.05, 0) is 30.0 Å². The Labute approximate surface area is 109 Å². The molecule has 0 amide bonds. The number of hydrogen-bond donors (Lipinski definition) is 3. The first-order valence-electron chi connectivity index (χ1n) is 5.86. The fraction of sp³-hybridized carbons (Fsp3) is 0.462. The van der Waals surface area contributed by atoms with E-state index in [1.807, 2.05) is 0 Å². The summed E-state index contributed by atoms with van der Waals surface area (Å²) in [7, 11) is 0. The summed E-state index contributed by atoms with van der Waals surface area (Å²) in [5, 5.41) is 18.4. The predicted octanol–water partition coefficient (Wildman–Crippen LogP) is 1.26. The molecule has 0 aliphatic rings. The maximum absolute atomic E-state index is 13.3. The number of halogens is 2. The lowest BCUT2D eigenvalue weighted by Gasteiger charge is -2.30. The van der Waals surface area contributed by atoms with E-state index < -0.39 is 23.0 Å². The minimum atomic E-state index is -1.61. The van der Waals surface area contributed by atoms with Crippen LogP contribution in [0.15, 0.2) is 18.2 Å². The number of carbonyl (C=O) groups is 1. The van der Waals surface area contributed by atoms with Crippen LogP contribution >= 0.6 is 0 Å². The molecule has 0 aromatic heterocycles. The zero-order valence-corrected chi connectivity index (χ0v) is 10.6. The molecule has 2 atom stereocenters. The Balaban J connectivity index is 3.33. The van der Waals surface area contributed by atoms with Crippen LogP contribution in [0.25, 0.3) is 0 Å². The van der Waals surface area contributed by atoms with Crippen LogP contribution in [-0.2, 0) is 10.2 Å². The lowest BCUT2D eigenvalue weighted by atomic mass is 9.74. The highest BCUT2D eigenvalue weighted by Gasteiger charge is 2.40. The molecule has 0 saturated carbocycles. The summed E-state index contributed by atoms with van der Waals surface area (Å²) in [6.45, 7) is 1.10. The van der Waals surface area contributed by atoms with Crippen molar-refractivity contribution >= 4 is 5.97 Å². The normalized spacial score (nSPS) is 15.8. The molecule has 0 radical (unpaired) electrons. The number of benzene rings is 1. The van der Waals surface area contributed by atoms with Gasteiger partial charge in [-0.1, -0.05) is 6.92 Å². The molecule has 4 nitrogen and oxygen atoms in total. The van der Waals surface area contributed by atoms with Crippen molar-refractivity contribution in [3.05, 3.63) is 35.4 Å². The predicted molar refractivity (Wildman–Crippen MR) is 65.6 cm³/mol. The number of aliphatic hydroxyl groups is 1. The Bertz CT molecular complexity index is 447. The highest BCUT2D eigenvalue weighted by atomic mass is 19.1. The average Bonchev–Trinajstić information content (AvgIpc) is 2.33. The number of aliphatic carboxylic acids is 1. The minimum Gasteiger partial charge on any atom is -0.481 e. The van der Waals surface area contributed by atoms with Gasteiger partial charge in [0.05, 0.1) is 0 Å². The summed E-state index contributed by atoms with van der Waals surface area (Å²) in [6.07, 6.45) is -0.00176. The third kappa shape index (κ3) is 3.27. The van der Waals surface area contributed by atoms with Gasteiger partial charge in [0.15, 0.2) is 0 Å². The van der Waals surface area contributed by atoms with Gasteiger partial charge in [0.2, 0.25) is 0 Å². The number of rotatable bonds is 6. The highest BCUT2D eigenvalue weighted by Crippen LogP contribution is 2.32. The second-order valence-electron chi connectivity index (χ2n) is 4.74. The Hall–Kier alpha value is -1.53. The molecule has 6 heteroatoms. The van der Waals surface area contributed by atoms with Crippen molar-refractivity contribution in [1.29, 1.82) is 0 Å². The summed E-state index contributed by atoms with van der Waals surface area (Å²) >= 11 is 0.